The molecule has 6 rings (SSSR count). The van der Waals surface area contributed by atoms with E-state index in [-0.39, 0.29) is 30.8 Å². The van der Waals surface area contributed by atoms with Crippen molar-refractivity contribution in [1.29, 1.82) is 0 Å². The Hall–Kier alpha value is -5.06. The van der Waals surface area contributed by atoms with Gasteiger partial charge in [0.1, 0.15) is 30.8 Å². The van der Waals surface area contributed by atoms with Crippen molar-refractivity contribution in [2.45, 2.75) is 51.1 Å². The van der Waals surface area contributed by atoms with Crippen LogP contribution in [0.15, 0.2) is 97.1 Å². The molecule has 4 aromatic rings. The topological polar surface area (TPSA) is 113 Å². The lowest BCUT2D eigenvalue weighted by molar-refractivity contribution is -0.0246. The first kappa shape index (κ1) is 35.8. The molecule has 0 saturated carbocycles. The van der Waals surface area contributed by atoms with Crippen LogP contribution in [0.2, 0.25) is 0 Å². The van der Waals surface area contributed by atoms with Gasteiger partial charge in [0, 0.05) is 38.3 Å². The van der Waals surface area contributed by atoms with Crippen molar-refractivity contribution in [2.24, 2.45) is 5.73 Å². The highest BCUT2D eigenvalue weighted by Crippen LogP contribution is 2.35. The molecule has 0 aromatic heterocycles. The van der Waals surface area contributed by atoms with Crippen molar-refractivity contribution in [3.05, 3.63) is 125 Å². The molecule has 0 radical (unpaired) electrons. The third-order valence-electron chi connectivity index (χ3n) is 9.51. The van der Waals surface area contributed by atoms with Gasteiger partial charge >= 0.3 is 6.09 Å². The Morgan fingerprint density at radius 1 is 0.922 bits per heavy atom. The number of anilines is 1. The first-order valence-electron chi connectivity index (χ1n) is 17.6. The second kappa shape index (κ2) is 17.2. The van der Waals surface area contributed by atoms with Crippen LogP contribution in [-0.2, 0) is 27.4 Å². The smallest absolute Gasteiger partial charge is 0.410 e. The average Bonchev–Trinajstić information content (AvgIpc) is 3.16. The van der Waals surface area contributed by atoms with E-state index in [4.69, 9.17) is 29.4 Å². The molecule has 2 aliphatic heterocycles. The molecule has 51 heavy (non-hydrogen) atoms. The van der Waals surface area contributed by atoms with Crippen LogP contribution in [0.25, 0.3) is 0 Å². The van der Waals surface area contributed by atoms with E-state index in [0.717, 1.165) is 59.6 Å². The van der Waals surface area contributed by atoms with Gasteiger partial charge in [-0.05, 0) is 72.4 Å². The molecule has 0 aliphatic carbocycles. The summed E-state index contributed by atoms with van der Waals surface area (Å²) in [5.74, 6) is 1.02. The molecule has 3 atom stereocenters. The van der Waals surface area contributed by atoms with E-state index in [1.165, 1.54) is 0 Å². The minimum Gasteiger partial charge on any atom is -0.490 e. The zero-order valence-electron chi connectivity index (χ0n) is 29.4. The monoisotopic (exact) mass is 693 g/mol. The predicted molar refractivity (Wildman–Crippen MR) is 195 cm³/mol. The summed E-state index contributed by atoms with van der Waals surface area (Å²) in [6.07, 6.45) is 0.803. The Bertz CT molecular complexity index is 1750. The van der Waals surface area contributed by atoms with Gasteiger partial charge < -0.3 is 39.2 Å². The van der Waals surface area contributed by atoms with E-state index in [2.05, 4.69) is 41.3 Å². The van der Waals surface area contributed by atoms with Crippen molar-refractivity contribution in [2.75, 3.05) is 51.4 Å². The molecule has 10 heteroatoms. The summed E-state index contributed by atoms with van der Waals surface area (Å²) >= 11 is 0. The van der Waals surface area contributed by atoms with Crippen LogP contribution in [0.1, 0.15) is 64.4 Å². The quantitative estimate of drug-likeness (QED) is 0.143. The van der Waals surface area contributed by atoms with E-state index in [0.29, 0.717) is 44.2 Å². The number of nitrogens with zero attached hydrogens (tertiary/aromatic N) is 2. The summed E-state index contributed by atoms with van der Waals surface area (Å²) in [7, 11) is 1.73. The Balaban J connectivity index is 1.16. The molecule has 1 fully saturated rings. The first-order valence-corrected chi connectivity index (χ1v) is 17.6. The van der Waals surface area contributed by atoms with E-state index < -0.39 is 5.91 Å². The summed E-state index contributed by atoms with van der Waals surface area (Å²) < 4.78 is 29.8. The summed E-state index contributed by atoms with van der Waals surface area (Å²) in [5, 5.41) is 0. The van der Waals surface area contributed by atoms with Crippen molar-refractivity contribution < 1.29 is 33.3 Å². The summed E-state index contributed by atoms with van der Waals surface area (Å²) in [6.45, 7) is 6.62. The number of benzene rings is 4. The third-order valence-corrected chi connectivity index (χ3v) is 9.51. The van der Waals surface area contributed by atoms with Gasteiger partial charge in [-0.25, -0.2) is 4.79 Å². The van der Waals surface area contributed by atoms with Crippen LogP contribution in [0.5, 0.6) is 11.5 Å². The fourth-order valence-electron chi connectivity index (χ4n) is 6.70. The molecule has 2 heterocycles. The number of carbonyl (C=O) groups is 2. The normalized spacial score (nSPS) is 17.6. The van der Waals surface area contributed by atoms with Gasteiger partial charge in [0.2, 0.25) is 5.91 Å². The minimum atomic E-state index is -0.495. The van der Waals surface area contributed by atoms with Crippen molar-refractivity contribution >= 4 is 17.7 Å². The maximum Gasteiger partial charge on any atom is 0.410 e. The number of rotatable bonds is 14. The van der Waals surface area contributed by atoms with Gasteiger partial charge in [-0.2, -0.15) is 0 Å². The van der Waals surface area contributed by atoms with E-state index in [1.807, 2.05) is 49.4 Å². The van der Waals surface area contributed by atoms with Gasteiger partial charge in [0.25, 0.3) is 0 Å². The molecule has 3 unspecified atom stereocenters. The van der Waals surface area contributed by atoms with Crippen LogP contribution < -0.4 is 20.1 Å². The highest BCUT2D eigenvalue weighted by molar-refractivity contribution is 5.93. The number of amides is 2. The zero-order valence-corrected chi connectivity index (χ0v) is 29.4. The molecule has 0 bridgehead atoms. The number of primary amides is 1. The predicted octanol–water partition coefficient (Wildman–Crippen LogP) is 6.87. The van der Waals surface area contributed by atoms with E-state index >= 15 is 0 Å². The Kier molecular flexibility index (Phi) is 12.1. The molecule has 2 amide bonds. The molecule has 4 aromatic carbocycles. The molecule has 268 valence electrons. The van der Waals surface area contributed by atoms with Crippen molar-refractivity contribution in [1.82, 2.24) is 4.90 Å². The Morgan fingerprint density at radius 3 is 2.53 bits per heavy atom. The number of nitrogens with two attached hydrogens (primary N) is 1. The van der Waals surface area contributed by atoms with Crippen LogP contribution in [-0.4, -0.2) is 69.5 Å². The Labute approximate surface area is 300 Å². The molecule has 10 nitrogen and oxygen atoms in total. The standard InChI is InChI=1S/C41H47N3O7/c1-29(51-35-11-6-10-34(25-35)40(42)45)32-13-15-33(16-14-32)36-18-20-44(41(46)50-27-30-8-4-3-5-9-30)26-39(36)49-28-31-12-17-38-37(24-31)43(21-23-48-38)19-7-22-47-2/h3-6,8-17,24-25,29,36,39H,7,18-23,26-28H2,1-2H3,(H2,42,45). The maximum atomic E-state index is 13.2. The van der Waals surface area contributed by atoms with Crippen molar-refractivity contribution in [3.8, 4) is 11.5 Å². The lowest BCUT2D eigenvalue weighted by Gasteiger charge is -2.38. The molecular weight excluding hydrogens is 646 g/mol. The number of likely N-dealkylation sites (tertiary alicyclic amines) is 1. The number of ether oxygens (including phenoxy) is 5. The summed E-state index contributed by atoms with van der Waals surface area (Å²) in [5.41, 5.74) is 11.0. The SMILES string of the molecule is COCCCN1CCOc2ccc(COC3CN(C(=O)OCc4ccccc4)CCC3c3ccc(C(C)Oc4cccc(C(N)=O)c4)cc3)cc21. The number of hydrogen-bond donors (Lipinski definition) is 1. The number of hydrogen-bond acceptors (Lipinski definition) is 8. The fourth-order valence-corrected chi connectivity index (χ4v) is 6.70. The van der Waals surface area contributed by atoms with Crippen LogP contribution in [0.3, 0.4) is 0 Å². The highest BCUT2D eigenvalue weighted by Gasteiger charge is 2.34. The van der Waals surface area contributed by atoms with Gasteiger partial charge in [-0.15, -0.1) is 0 Å². The molecular formula is C41H47N3O7. The first-order chi connectivity index (χ1) is 24.9. The second-order valence-corrected chi connectivity index (χ2v) is 13.0. The van der Waals surface area contributed by atoms with Crippen molar-refractivity contribution in [3.63, 3.8) is 0 Å². The van der Waals surface area contributed by atoms with Gasteiger partial charge in [0.05, 0.1) is 31.5 Å². The molecule has 1 saturated heterocycles. The van der Waals surface area contributed by atoms with E-state index in [1.54, 1.807) is 30.2 Å². The molecule has 2 N–H and O–H groups in total. The Morgan fingerprint density at radius 2 is 1.75 bits per heavy atom. The minimum absolute atomic E-state index is 0.0622. The van der Waals surface area contributed by atoms with E-state index in [9.17, 15) is 9.59 Å². The van der Waals surface area contributed by atoms with Gasteiger partial charge in [-0.3, -0.25) is 4.79 Å². The lowest BCUT2D eigenvalue weighted by Crippen LogP contribution is -2.47. The van der Waals surface area contributed by atoms with Crippen LogP contribution in [0, 0.1) is 0 Å². The van der Waals surface area contributed by atoms with Gasteiger partial charge in [0.15, 0.2) is 0 Å². The summed E-state index contributed by atoms with van der Waals surface area (Å²) in [4.78, 5) is 29.0. The second-order valence-electron chi connectivity index (χ2n) is 13.0. The molecule has 2 aliphatic rings. The number of carbonyl (C=O) groups excluding carboxylic acids is 2. The van der Waals surface area contributed by atoms with Crippen LogP contribution in [0.4, 0.5) is 10.5 Å². The average molecular weight is 694 g/mol. The third kappa shape index (κ3) is 9.39. The van der Waals surface area contributed by atoms with Crippen LogP contribution >= 0.6 is 0 Å². The maximum absolute atomic E-state index is 13.2. The number of piperidine rings is 1. The number of fused-ring (bicyclic) bond motifs is 1. The van der Waals surface area contributed by atoms with Gasteiger partial charge in [-0.1, -0.05) is 66.7 Å². The zero-order chi connectivity index (χ0) is 35.6. The highest BCUT2D eigenvalue weighted by atomic mass is 16.6. The largest absolute Gasteiger partial charge is 0.490 e. The number of methoxy groups -OCH3 is 1. The molecule has 0 spiro atoms. The fraction of sp³-hybridized carbons (Fsp3) is 0.366. The lowest BCUT2D eigenvalue weighted by atomic mass is 9.86. The summed E-state index contributed by atoms with van der Waals surface area (Å²) in [6, 6.07) is 31.2.